The lowest BCUT2D eigenvalue weighted by atomic mass is 10.0. The SMILES string of the molecule is c1ccc(-n2c3ccccc3c3cc4ccc5c(c4cc32)c2ccccc2n5-c2ccc3c(c2)oc2ccccc23)cc1. The van der Waals surface area contributed by atoms with Crippen molar-refractivity contribution in [3.8, 4) is 11.4 Å². The summed E-state index contributed by atoms with van der Waals surface area (Å²) in [7, 11) is 0. The second-order valence-corrected chi connectivity index (χ2v) is 11.4. The second kappa shape index (κ2) is 8.37. The van der Waals surface area contributed by atoms with Crippen LogP contribution in [0.25, 0.3) is 87.7 Å². The highest BCUT2D eigenvalue weighted by atomic mass is 16.3. The lowest BCUT2D eigenvalue weighted by Gasteiger charge is -2.10. The number of benzene rings is 7. The molecule has 0 aliphatic rings. The first kappa shape index (κ1) is 22.8. The van der Waals surface area contributed by atoms with E-state index in [0.29, 0.717) is 0 Å². The zero-order chi connectivity index (χ0) is 28.1. The van der Waals surface area contributed by atoms with Crippen LogP contribution in [-0.4, -0.2) is 9.13 Å². The van der Waals surface area contributed by atoms with Crippen molar-refractivity contribution in [2.75, 3.05) is 0 Å². The third-order valence-electron chi connectivity index (χ3n) is 9.08. The first-order valence-corrected chi connectivity index (χ1v) is 14.7. The van der Waals surface area contributed by atoms with E-state index in [1.165, 1.54) is 60.1 Å². The minimum absolute atomic E-state index is 0.902. The molecule has 0 unspecified atom stereocenters. The van der Waals surface area contributed by atoms with E-state index in [1.54, 1.807) is 0 Å². The Kier molecular flexibility index (Phi) is 4.45. The fourth-order valence-electron chi connectivity index (χ4n) is 7.24. The van der Waals surface area contributed by atoms with Gasteiger partial charge in [-0.05, 0) is 71.4 Å². The molecule has 3 aromatic heterocycles. The molecule has 0 aliphatic carbocycles. The van der Waals surface area contributed by atoms with Gasteiger partial charge in [-0.25, -0.2) is 0 Å². The average Bonchev–Trinajstić information content (AvgIpc) is 3.71. The summed E-state index contributed by atoms with van der Waals surface area (Å²) >= 11 is 0. The van der Waals surface area contributed by atoms with Crippen LogP contribution in [0.2, 0.25) is 0 Å². The molecule has 3 heterocycles. The van der Waals surface area contributed by atoms with E-state index in [2.05, 4.69) is 143 Å². The normalized spacial score (nSPS) is 12.2. The van der Waals surface area contributed by atoms with Crippen LogP contribution in [0.4, 0.5) is 0 Å². The van der Waals surface area contributed by atoms with E-state index in [0.717, 1.165) is 27.6 Å². The summed E-state index contributed by atoms with van der Waals surface area (Å²) in [5, 5.41) is 9.84. The minimum atomic E-state index is 0.902. The van der Waals surface area contributed by atoms with E-state index < -0.39 is 0 Å². The van der Waals surface area contributed by atoms with Gasteiger partial charge in [0.25, 0.3) is 0 Å². The fraction of sp³-hybridized carbons (Fsp3) is 0. The van der Waals surface area contributed by atoms with Crippen LogP contribution in [0.15, 0.2) is 150 Å². The van der Waals surface area contributed by atoms with Crippen LogP contribution in [0.5, 0.6) is 0 Å². The van der Waals surface area contributed by atoms with Crippen LogP contribution in [0, 0.1) is 0 Å². The largest absolute Gasteiger partial charge is 0.456 e. The summed E-state index contributed by atoms with van der Waals surface area (Å²) in [6.45, 7) is 0. The van der Waals surface area contributed by atoms with Crippen LogP contribution >= 0.6 is 0 Å². The van der Waals surface area contributed by atoms with Crippen molar-refractivity contribution < 1.29 is 4.42 Å². The van der Waals surface area contributed by atoms with Gasteiger partial charge in [0.15, 0.2) is 0 Å². The maximum atomic E-state index is 6.30. The van der Waals surface area contributed by atoms with Crippen LogP contribution in [0.3, 0.4) is 0 Å². The molecule has 10 rings (SSSR count). The number of fused-ring (bicyclic) bond motifs is 11. The van der Waals surface area contributed by atoms with Crippen molar-refractivity contribution in [2.45, 2.75) is 0 Å². The molecule has 0 atom stereocenters. The average molecular weight is 549 g/mol. The molecule has 10 aromatic rings. The van der Waals surface area contributed by atoms with E-state index in [1.807, 2.05) is 12.1 Å². The van der Waals surface area contributed by atoms with Crippen molar-refractivity contribution in [1.29, 1.82) is 0 Å². The second-order valence-electron chi connectivity index (χ2n) is 11.4. The number of aromatic nitrogens is 2. The van der Waals surface area contributed by atoms with Gasteiger partial charge in [-0.3, -0.25) is 0 Å². The van der Waals surface area contributed by atoms with Crippen molar-refractivity contribution in [3.63, 3.8) is 0 Å². The third-order valence-corrected chi connectivity index (χ3v) is 9.08. The van der Waals surface area contributed by atoms with E-state index in [-0.39, 0.29) is 0 Å². The maximum Gasteiger partial charge on any atom is 0.137 e. The van der Waals surface area contributed by atoms with Gasteiger partial charge < -0.3 is 13.6 Å². The molecular formula is C40H24N2O. The molecule has 0 saturated carbocycles. The molecule has 0 amide bonds. The number of hydrogen-bond donors (Lipinski definition) is 0. The molecule has 200 valence electrons. The summed E-state index contributed by atoms with van der Waals surface area (Å²) in [4.78, 5) is 0. The lowest BCUT2D eigenvalue weighted by molar-refractivity contribution is 0.668. The predicted molar refractivity (Wildman–Crippen MR) is 180 cm³/mol. The first-order chi connectivity index (χ1) is 21.3. The van der Waals surface area contributed by atoms with Gasteiger partial charge in [-0.15, -0.1) is 0 Å². The van der Waals surface area contributed by atoms with Gasteiger partial charge in [-0.1, -0.05) is 78.9 Å². The zero-order valence-electron chi connectivity index (χ0n) is 23.2. The lowest BCUT2D eigenvalue weighted by Crippen LogP contribution is -1.94. The van der Waals surface area contributed by atoms with Crippen molar-refractivity contribution >= 4 is 76.3 Å². The topological polar surface area (TPSA) is 23.0 Å². The third kappa shape index (κ3) is 3.08. The molecule has 0 fully saturated rings. The zero-order valence-corrected chi connectivity index (χ0v) is 23.2. The summed E-state index contributed by atoms with van der Waals surface area (Å²) in [6, 6.07) is 52.4. The summed E-state index contributed by atoms with van der Waals surface area (Å²) < 4.78 is 11.1. The Balaban J connectivity index is 1.32. The number of rotatable bonds is 2. The van der Waals surface area contributed by atoms with E-state index in [9.17, 15) is 0 Å². The Bertz CT molecular complexity index is 2720. The standard InChI is InChI=1S/C40H24N2O/c1-2-10-26(11-3-1)41-34-15-7-4-12-28(34)33-22-25-18-21-36-40(32(25)24-37(33)41)31-14-5-8-16-35(31)42(36)27-19-20-30-29-13-6-9-17-38(29)43-39(30)23-27/h1-24H. The van der Waals surface area contributed by atoms with Gasteiger partial charge >= 0.3 is 0 Å². The van der Waals surface area contributed by atoms with Crippen LogP contribution in [0.1, 0.15) is 0 Å². The Morgan fingerprint density at radius 1 is 0.349 bits per heavy atom. The van der Waals surface area contributed by atoms with Gasteiger partial charge in [0.1, 0.15) is 11.2 Å². The summed E-state index contributed by atoms with van der Waals surface area (Å²) in [5.74, 6) is 0. The fourth-order valence-corrected chi connectivity index (χ4v) is 7.24. The molecule has 0 aliphatic heterocycles. The molecule has 7 aromatic carbocycles. The molecule has 0 spiro atoms. The number of hydrogen-bond acceptors (Lipinski definition) is 1. The molecule has 0 saturated heterocycles. The molecule has 3 nitrogen and oxygen atoms in total. The Morgan fingerprint density at radius 2 is 1.02 bits per heavy atom. The van der Waals surface area contributed by atoms with Crippen molar-refractivity contribution in [1.82, 2.24) is 9.13 Å². The van der Waals surface area contributed by atoms with Crippen molar-refractivity contribution in [3.05, 3.63) is 146 Å². The highest BCUT2D eigenvalue weighted by Crippen LogP contribution is 2.41. The smallest absolute Gasteiger partial charge is 0.137 e. The first-order valence-electron chi connectivity index (χ1n) is 14.7. The van der Waals surface area contributed by atoms with Gasteiger partial charge in [0.2, 0.25) is 0 Å². The Labute approximate surface area is 246 Å². The van der Waals surface area contributed by atoms with Crippen LogP contribution in [-0.2, 0) is 0 Å². The molecule has 3 heteroatoms. The summed E-state index contributed by atoms with van der Waals surface area (Å²) in [6.07, 6.45) is 0. The highest BCUT2D eigenvalue weighted by Gasteiger charge is 2.19. The Morgan fingerprint density at radius 3 is 1.88 bits per heavy atom. The van der Waals surface area contributed by atoms with Crippen molar-refractivity contribution in [2.24, 2.45) is 0 Å². The molecular weight excluding hydrogens is 524 g/mol. The van der Waals surface area contributed by atoms with Gasteiger partial charge in [-0.2, -0.15) is 0 Å². The Hall–Kier alpha value is -5.80. The van der Waals surface area contributed by atoms with E-state index >= 15 is 0 Å². The quantitative estimate of drug-likeness (QED) is 0.211. The highest BCUT2D eigenvalue weighted by molar-refractivity contribution is 6.25. The van der Waals surface area contributed by atoms with Gasteiger partial charge in [0, 0.05) is 49.8 Å². The summed E-state index contributed by atoms with van der Waals surface area (Å²) in [5.41, 5.74) is 8.89. The van der Waals surface area contributed by atoms with Crippen LogP contribution < -0.4 is 0 Å². The predicted octanol–water partition coefficient (Wildman–Crippen LogP) is 10.9. The number of furan rings is 1. The number of nitrogens with zero attached hydrogens (tertiary/aromatic N) is 2. The van der Waals surface area contributed by atoms with E-state index in [4.69, 9.17) is 4.42 Å². The molecule has 43 heavy (non-hydrogen) atoms. The molecule has 0 radical (unpaired) electrons. The number of para-hydroxylation sites is 4. The molecule has 0 N–H and O–H groups in total. The molecule has 0 bridgehead atoms. The maximum absolute atomic E-state index is 6.30. The monoisotopic (exact) mass is 548 g/mol. The minimum Gasteiger partial charge on any atom is -0.456 e. The van der Waals surface area contributed by atoms with Gasteiger partial charge in [0.05, 0.1) is 22.1 Å².